The number of hydrogen-bond donors (Lipinski definition) is 1. The molecule has 18 heavy (non-hydrogen) atoms. The molecular formula is C13H14N2O3. The second-order valence-electron chi connectivity index (χ2n) is 4.05. The molecule has 1 atom stereocenters. The second kappa shape index (κ2) is 5.46. The van der Waals surface area contributed by atoms with Crippen LogP contribution in [0.4, 0.5) is 5.69 Å². The van der Waals surface area contributed by atoms with Crippen LogP contribution in [0.5, 0.6) is 0 Å². The molecule has 2 aromatic rings. The van der Waals surface area contributed by atoms with Crippen molar-refractivity contribution in [2.75, 3.05) is 0 Å². The number of hydrogen-bond acceptors (Lipinski definition) is 4. The Balaban J connectivity index is 1.98. The summed E-state index contributed by atoms with van der Waals surface area (Å²) < 4.78 is 5.27. The number of nitrogens with zero attached hydrogens (tertiary/aromatic N) is 1. The van der Waals surface area contributed by atoms with Crippen molar-refractivity contribution in [2.24, 2.45) is 0 Å². The van der Waals surface area contributed by atoms with E-state index >= 15 is 0 Å². The van der Waals surface area contributed by atoms with Crippen LogP contribution in [0.25, 0.3) is 0 Å². The predicted octanol–water partition coefficient (Wildman–Crippen LogP) is 3.04. The Morgan fingerprint density at radius 3 is 2.89 bits per heavy atom. The number of nitrogens with one attached hydrogen (secondary N) is 1. The topological polar surface area (TPSA) is 68.3 Å². The Morgan fingerprint density at radius 2 is 2.22 bits per heavy atom. The average Bonchev–Trinajstić information content (AvgIpc) is 2.90. The Kier molecular flexibility index (Phi) is 3.74. The van der Waals surface area contributed by atoms with E-state index in [9.17, 15) is 10.1 Å². The lowest BCUT2D eigenvalue weighted by Gasteiger charge is -2.11. The van der Waals surface area contributed by atoms with Gasteiger partial charge in [0.25, 0.3) is 5.69 Å². The highest BCUT2D eigenvalue weighted by Crippen LogP contribution is 2.16. The quantitative estimate of drug-likeness (QED) is 0.650. The van der Waals surface area contributed by atoms with Gasteiger partial charge in [0.15, 0.2) is 0 Å². The highest BCUT2D eigenvalue weighted by molar-refractivity contribution is 5.34. The molecule has 0 fully saturated rings. The molecule has 1 heterocycles. The normalized spacial score (nSPS) is 12.3. The summed E-state index contributed by atoms with van der Waals surface area (Å²) in [7, 11) is 0. The third-order valence-corrected chi connectivity index (χ3v) is 2.70. The number of benzene rings is 1. The Bertz CT molecular complexity index is 523. The number of non-ortho nitro benzene ring substituents is 1. The fraction of sp³-hybridized carbons (Fsp3) is 0.231. The minimum absolute atomic E-state index is 0.0688. The lowest BCUT2D eigenvalue weighted by molar-refractivity contribution is -0.384. The van der Waals surface area contributed by atoms with Gasteiger partial charge in [0.2, 0.25) is 0 Å². The van der Waals surface area contributed by atoms with E-state index in [1.165, 1.54) is 6.07 Å². The van der Waals surface area contributed by atoms with Crippen molar-refractivity contribution in [3.05, 3.63) is 64.1 Å². The molecule has 0 amide bonds. The van der Waals surface area contributed by atoms with Crippen molar-refractivity contribution in [3.63, 3.8) is 0 Å². The SMILES string of the molecule is C[C@@H](NCc1cccc([N+](=O)[O-])c1)c1ccco1. The second-order valence-corrected chi connectivity index (χ2v) is 4.05. The van der Waals surface area contributed by atoms with E-state index in [0.717, 1.165) is 11.3 Å². The highest BCUT2D eigenvalue weighted by atomic mass is 16.6. The first-order valence-corrected chi connectivity index (χ1v) is 5.67. The number of nitro benzene ring substituents is 1. The molecule has 1 N–H and O–H groups in total. The zero-order valence-electron chi connectivity index (χ0n) is 10.00. The van der Waals surface area contributed by atoms with Gasteiger partial charge in [-0.3, -0.25) is 10.1 Å². The number of rotatable bonds is 5. The van der Waals surface area contributed by atoms with Crippen molar-refractivity contribution in [3.8, 4) is 0 Å². The molecule has 5 nitrogen and oxygen atoms in total. The zero-order valence-corrected chi connectivity index (χ0v) is 10.00. The minimum atomic E-state index is -0.389. The smallest absolute Gasteiger partial charge is 0.269 e. The molecule has 0 radical (unpaired) electrons. The van der Waals surface area contributed by atoms with E-state index in [-0.39, 0.29) is 16.7 Å². The van der Waals surface area contributed by atoms with Crippen LogP contribution in [-0.2, 0) is 6.54 Å². The molecule has 5 heteroatoms. The van der Waals surface area contributed by atoms with Crippen molar-refractivity contribution in [1.82, 2.24) is 5.32 Å². The predicted molar refractivity (Wildman–Crippen MR) is 67.1 cm³/mol. The summed E-state index contributed by atoms with van der Waals surface area (Å²) in [5.41, 5.74) is 0.988. The van der Waals surface area contributed by atoms with Gasteiger partial charge in [-0.2, -0.15) is 0 Å². The van der Waals surface area contributed by atoms with E-state index in [0.29, 0.717) is 6.54 Å². The van der Waals surface area contributed by atoms with Crippen LogP contribution in [0, 0.1) is 10.1 Å². The van der Waals surface area contributed by atoms with Crippen molar-refractivity contribution in [1.29, 1.82) is 0 Å². The van der Waals surface area contributed by atoms with Gasteiger partial charge in [0.05, 0.1) is 17.2 Å². The molecule has 2 rings (SSSR count). The molecule has 94 valence electrons. The van der Waals surface area contributed by atoms with Crippen LogP contribution >= 0.6 is 0 Å². The van der Waals surface area contributed by atoms with Gasteiger partial charge in [-0.25, -0.2) is 0 Å². The van der Waals surface area contributed by atoms with Crippen molar-refractivity contribution >= 4 is 5.69 Å². The standard InChI is InChI=1S/C13H14N2O3/c1-10(13-6-3-7-18-13)14-9-11-4-2-5-12(8-11)15(16)17/h2-8,10,14H,9H2,1H3/t10-/m1/s1. The fourth-order valence-electron chi connectivity index (χ4n) is 1.69. The fourth-order valence-corrected chi connectivity index (χ4v) is 1.69. The van der Waals surface area contributed by atoms with Crippen LogP contribution in [0.15, 0.2) is 47.1 Å². The first-order valence-electron chi connectivity index (χ1n) is 5.67. The van der Waals surface area contributed by atoms with Gasteiger partial charge in [0, 0.05) is 18.7 Å². The van der Waals surface area contributed by atoms with Gasteiger partial charge in [-0.15, -0.1) is 0 Å². The summed E-state index contributed by atoms with van der Waals surface area (Å²) in [6.07, 6.45) is 1.63. The molecule has 0 spiro atoms. The lowest BCUT2D eigenvalue weighted by Crippen LogP contribution is -2.17. The summed E-state index contributed by atoms with van der Waals surface area (Å²) in [6, 6.07) is 10.4. The lowest BCUT2D eigenvalue weighted by atomic mass is 10.2. The molecule has 0 saturated heterocycles. The first kappa shape index (κ1) is 12.3. The molecule has 0 bridgehead atoms. The first-order chi connectivity index (χ1) is 8.66. The van der Waals surface area contributed by atoms with Gasteiger partial charge in [-0.05, 0) is 24.6 Å². The molecular weight excluding hydrogens is 232 g/mol. The van der Waals surface area contributed by atoms with E-state index < -0.39 is 0 Å². The van der Waals surface area contributed by atoms with Crippen molar-refractivity contribution < 1.29 is 9.34 Å². The third-order valence-electron chi connectivity index (χ3n) is 2.70. The molecule has 1 aromatic heterocycles. The van der Waals surface area contributed by atoms with Crippen molar-refractivity contribution in [2.45, 2.75) is 19.5 Å². The van der Waals surface area contributed by atoms with Gasteiger partial charge < -0.3 is 9.73 Å². The van der Waals surface area contributed by atoms with E-state index in [4.69, 9.17) is 4.42 Å². The summed E-state index contributed by atoms with van der Waals surface area (Å²) in [4.78, 5) is 10.3. The highest BCUT2D eigenvalue weighted by Gasteiger charge is 2.09. The summed E-state index contributed by atoms with van der Waals surface area (Å²) in [5.74, 6) is 0.848. The maximum Gasteiger partial charge on any atom is 0.269 e. The van der Waals surface area contributed by atoms with Crippen LogP contribution in [0.2, 0.25) is 0 Å². The number of furan rings is 1. The molecule has 0 aliphatic heterocycles. The average molecular weight is 246 g/mol. The van der Waals surface area contributed by atoms with Gasteiger partial charge in [-0.1, -0.05) is 12.1 Å². The largest absolute Gasteiger partial charge is 0.468 e. The summed E-state index contributed by atoms with van der Waals surface area (Å²) in [5, 5.41) is 13.9. The summed E-state index contributed by atoms with van der Waals surface area (Å²) in [6.45, 7) is 2.54. The minimum Gasteiger partial charge on any atom is -0.468 e. The third kappa shape index (κ3) is 2.95. The molecule has 1 aromatic carbocycles. The van der Waals surface area contributed by atoms with E-state index in [1.807, 2.05) is 25.1 Å². The maximum absolute atomic E-state index is 10.6. The van der Waals surface area contributed by atoms with Gasteiger partial charge >= 0.3 is 0 Å². The Hall–Kier alpha value is -2.14. The van der Waals surface area contributed by atoms with Crippen LogP contribution in [0.1, 0.15) is 24.3 Å². The zero-order chi connectivity index (χ0) is 13.0. The molecule has 0 aliphatic rings. The molecule has 0 unspecified atom stereocenters. The Labute approximate surface area is 105 Å². The van der Waals surface area contributed by atoms with Crippen LogP contribution < -0.4 is 5.32 Å². The molecule has 0 saturated carbocycles. The van der Waals surface area contributed by atoms with E-state index in [2.05, 4.69) is 5.32 Å². The Morgan fingerprint density at radius 1 is 1.39 bits per heavy atom. The van der Waals surface area contributed by atoms with Crippen LogP contribution in [-0.4, -0.2) is 4.92 Å². The van der Waals surface area contributed by atoms with Gasteiger partial charge in [0.1, 0.15) is 5.76 Å². The van der Waals surface area contributed by atoms with E-state index in [1.54, 1.807) is 18.4 Å². The monoisotopic (exact) mass is 246 g/mol. The van der Waals surface area contributed by atoms with Crippen LogP contribution in [0.3, 0.4) is 0 Å². The molecule has 0 aliphatic carbocycles. The maximum atomic E-state index is 10.6. The number of nitro groups is 1. The summed E-state index contributed by atoms with van der Waals surface area (Å²) >= 11 is 0.